The Hall–Kier alpha value is -0.810. The summed E-state index contributed by atoms with van der Waals surface area (Å²) in [7, 11) is 0. The first kappa shape index (κ1) is 15.2. The third kappa shape index (κ3) is 7.50. The Kier molecular flexibility index (Phi) is 6.43. The molecular weight excluding hydrogens is 230 g/mol. The largest absolute Gasteiger partial charge is 0.444 e. The molecule has 0 aromatic carbocycles. The first-order valence-electron chi connectivity index (χ1n) is 6.87. The van der Waals surface area contributed by atoms with Gasteiger partial charge in [-0.25, -0.2) is 4.79 Å². The zero-order valence-electron chi connectivity index (χ0n) is 11.9. The molecule has 5 heteroatoms. The number of nitrogens with one attached hydrogen (secondary N) is 2. The van der Waals surface area contributed by atoms with Crippen molar-refractivity contribution in [1.82, 2.24) is 15.5 Å². The van der Waals surface area contributed by atoms with Crippen LogP contribution in [0.5, 0.6) is 0 Å². The third-order valence-corrected chi connectivity index (χ3v) is 2.78. The average Bonchev–Trinajstić information content (AvgIpc) is 2.27. The normalized spacial score (nSPS) is 17.5. The molecule has 1 heterocycles. The molecule has 1 amide bonds. The first-order valence-corrected chi connectivity index (χ1v) is 6.87. The van der Waals surface area contributed by atoms with Gasteiger partial charge in [0.15, 0.2) is 0 Å². The summed E-state index contributed by atoms with van der Waals surface area (Å²) in [5, 5.41) is 6.12. The molecule has 5 nitrogen and oxygen atoms in total. The summed E-state index contributed by atoms with van der Waals surface area (Å²) in [6, 6.07) is 0. The molecule has 1 fully saturated rings. The molecule has 0 aromatic heterocycles. The highest BCUT2D eigenvalue weighted by Crippen LogP contribution is 2.06. The highest BCUT2D eigenvalue weighted by Gasteiger charge is 2.15. The molecule has 0 aliphatic carbocycles. The number of unbranched alkanes of at least 4 members (excludes halogenated alkanes) is 1. The summed E-state index contributed by atoms with van der Waals surface area (Å²) < 4.78 is 5.17. The van der Waals surface area contributed by atoms with Crippen molar-refractivity contribution in [3.8, 4) is 0 Å². The molecule has 1 rings (SSSR count). The van der Waals surface area contributed by atoms with Crippen molar-refractivity contribution in [1.29, 1.82) is 0 Å². The number of piperazine rings is 1. The predicted molar refractivity (Wildman–Crippen MR) is 72.8 cm³/mol. The van der Waals surface area contributed by atoms with Crippen LogP contribution < -0.4 is 10.6 Å². The number of carbonyl (C=O) groups is 1. The summed E-state index contributed by atoms with van der Waals surface area (Å²) in [5.41, 5.74) is -0.412. The fourth-order valence-electron chi connectivity index (χ4n) is 1.90. The molecule has 1 saturated heterocycles. The van der Waals surface area contributed by atoms with Crippen LogP contribution in [0.2, 0.25) is 0 Å². The summed E-state index contributed by atoms with van der Waals surface area (Å²) in [6.45, 7) is 11.9. The van der Waals surface area contributed by atoms with Crippen molar-refractivity contribution >= 4 is 6.09 Å². The maximum absolute atomic E-state index is 11.4. The van der Waals surface area contributed by atoms with Crippen LogP contribution in [0, 0.1) is 0 Å². The Balaban J connectivity index is 1.96. The van der Waals surface area contributed by atoms with Gasteiger partial charge in [-0.3, -0.25) is 0 Å². The van der Waals surface area contributed by atoms with Gasteiger partial charge in [0, 0.05) is 32.7 Å². The number of hydrogen-bond donors (Lipinski definition) is 2. The summed E-state index contributed by atoms with van der Waals surface area (Å²) in [4.78, 5) is 13.8. The van der Waals surface area contributed by atoms with Crippen molar-refractivity contribution < 1.29 is 9.53 Å². The molecule has 1 aliphatic heterocycles. The topological polar surface area (TPSA) is 53.6 Å². The van der Waals surface area contributed by atoms with E-state index in [0.717, 1.165) is 45.6 Å². The highest BCUT2D eigenvalue weighted by molar-refractivity contribution is 5.67. The summed E-state index contributed by atoms with van der Waals surface area (Å²) >= 11 is 0. The van der Waals surface area contributed by atoms with E-state index in [1.165, 1.54) is 0 Å². The second-order valence-corrected chi connectivity index (χ2v) is 5.73. The lowest BCUT2D eigenvalue weighted by atomic mass is 10.2. The maximum atomic E-state index is 11.4. The Bertz CT molecular complexity index is 245. The second kappa shape index (κ2) is 7.59. The molecule has 1 aliphatic rings. The highest BCUT2D eigenvalue weighted by atomic mass is 16.6. The summed E-state index contributed by atoms with van der Waals surface area (Å²) in [5.74, 6) is 0. The van der Waals surface area contributed by atoms with Crippen LogP contribution >= 0.6 is 0 Å². The second-order valence-electron chi connectivity index (χ2n) is 5.73. The molecule has 0 spiro atoms. The van der Waals surface area contributed by atoms with E-state index < -0.39 is 5.60 Å². The number of carbonyl (C=O) groups excluding carboxylic acids is 1. The van der Waals surface area contributed by atoms with Gasteiger partial charge in [-0.15, -0.1) is 0 Å². The Labute approximate surface area is 110 Å². The molecule has 2 N–H and O–H groups in total. The fraction of sp³-hybridized carbons (Fsp3) is 0.923. The molecule has 0 bridgehead atoms. The van der Waals surface area contributed by atoms with E-state index in [2.05, 4.69) is 15.5 Å². The molecule has 0 radical (unpaired) electrons. The van der Waals surface area contributed by atoms with Crippen LogP contribution in [0.1, 0.15) is 33.6 Å². The van der Waals surface area contributed by atoms with Crippen LogP contribution in [-0.2, 0) is 4.74 Å². The number of nitrogens with zero attached hydrogens (tertiary/aromatic N) is 1. The minimum Gasteiger partial charge on any atom is -0.444 e. The SMILES string of the molecule is CC(C)(C)OC(=O)NCCCCN1CCNCC1. The van der Waals surface area contributed by atoms with Crippen molar-refractivity contribution in [2.24, 2.45) is 0 Å². The lowest BCUT2D eigenvalue weighted by Gasteiger charge is -2.27. The van der Waals surface area contributed by atoms with Crippen LogP contribution in [0.25, 0.3) is 0 Å². The van der Waals surface area contributed by atoms with Gasteiger partial charge in [0.2, 0.25) is 0 Å². The van der Waals surface area contributed by atoms with Gasteiger partial charge in [-0.05, 0) is 40.2 Å². The van der Waals surface area contributed by atoms with E-state index >= 15 is 0 Å². The Morgan fingerprint density at radius 2 is 1.94 bits per heavy atom. The van der Waals surface area contributed by atoms with Crippen molar-refractivity contribution in [2.45, 2.75) is 39.2 Å². The minimum absolute atomic E-state index is 0.315. The monoisotopic (exact) mass is 257 g/mol. The zero-order valence-corrected chi connectivity index (χ0v) is 11.9. The predicted octanol–water partition coefficient (Wildman–Crippen LogP) is 1.20. The van der Waals surface area contributed by atoms with Crippen LogP contribution in [-0.4, -0.2) is 55.9 Å². The van der Waals surface area contributed by atoms with Gasteiger partial charge < -0.3 is 20.3 Å². The van der Waals surface area contributed by atoms with Gasteiger partial charge in [0.1, 0.15) is 5.60 Å². The van der Waals surface area contributed by atoms with E-state index in [0.29, 0.717) is 6.54 Å². The molecule has 0 saturated carbocycles. The maximum Gasteiger partial charge on any atom is 0.407 e. The van der Waals surface area contributed by atoms with E-state index in [-0.39, 0.29) is 6.09 Å². The number of alkyl carbamates (subject to hydrolysis) is 1. The van der Waals surface area contributed by atoms with Crippen molar-refractivity contribution in [3.63, 3.8) is 0 Å². The lowest BCUT2D eigenvalue weighted by Crippen LogP contribution is -2.43. The van der Waals surface area contributed by atoms with Crippen LogP contribution in [0.3, 0.4) is 0 Å². The van der Waals surface area contributed by atoms with E-state index in [9.17, 15) is 4.79 Å². The van der Waals surface area contributed by atoms with E-state index in [1.807, 2.05) is 20.8 Å². The minimum atomic E-state index is -0.412. The molecular formula is C13H27N3O2. The smallest absolute Gasteiger partial charge is 0.407 e. The zero-order chi connectivity index (χ0) is 13.4. The van der Waals surface area contributed by atoms with Gasteiger partial charge in [0.05, 0.1) is 0 Å². The quantitative estimate of drug-likeness (QED) is 0.727. The van der Waals surface area contributed by atoms with Gasteiger partial charge >= 0.3 is 6.09 Å². The number of rotatable bonds is 5. The summed E-state index contributed by atoms with van der Waals surface area (Å²) in [6.07, 6.45) is 1.81. The standard InChI is InChI=1S/C13H27N3O2/c1-13(2,3)18-12(17)15-6-4-5-9-16-10-7-14-8-11-16/h14H,4-11H2,1-3H3,(H,15,17). The van der Waals surface area contributed by atoms with Gasteiger partial charge in [0.25, 0.3) is 0 Å². The van der Waals surface area contributed by atoms with Gasteiger partial charge in [-0.1, -0.05) is 0 Å². The number of ether oxygens (including phenoxy) is 1. The van der Waals surface area contributed by atoms with Crippen molar-refractivity contribution in [3.05, 3.63) is 0 Å². The van der Waals surface area contributed by atoms with Crippen LogP contribution in [0.15, 0.2) is 0 Å². The third-order valence-electron chi connectivity index (χ3n) is 2.78. The molecule has 0 unspecified atom stereocenters. The molecule has 106 valence electrons. The van der Waals surface area contributed by atoms with Gasteiger partial charge in [-0.2, -0.15) is 0 Å². The van der Waals surface area contributed by atoms with E-state index in [1.54, 1.807) is 0 Å². The molecule has 0 atom stereocenters. The Morgan fingerprint density at radius 1 is 1.28 bits per heavy atom. The molecule has 18 heavy (non-hydrogen) atoms. The lowest BCUT2D eigenvalue weighted by molar-refractivity contribution is 0.0526. The Morgan fingerprint density at radius 3 is 2.56 bits per heavy atom. The number of hydrogen-bond acceptors (Lipinski definition) is 4. The van der Waals surface area contributed by atoms with Crippen molar-refractivity contribution in [2.75, 3.05) is 39.3 Å². The average molecular weight is 257 g/mol. The molecule has 0 aromatic rings. The number of amides is 1. The fourth-order valence-corrected chi connectivity index (χ4v) is 1.90. The van der Waals surface area contributed by atoms with Crippen LogP contribution in [0.4, 0.5) is 4.79 Å². The van der Waals surface area contributed by atoms with E-state index in [4.69, 9.17) is 4.74 Å². The first-order chi connectivity index (χ1) is 8.47.